The molecule has 38 heavy (non-hydrogen) atoms. The summed E-state index contributed by atoms with van der Waals surface area (Å²) < 4.78 is 55.0. The summed E-state index contributed by atoms with van der Waals surface area (Å²) in [5.41, 5.74) is 3.08. The first-order valence-corrected chi connectivity index (χ1v) is 12.7. The Bertz CT molecular complexity index is 1450. The first kappa shape index (κ1) is 24.9. The number of nitrogens with zero attached hydrogens (tertiary/aromatic N) is 7. The number of rotatable bonds is 8. The summed E-state index contributed by atoms with van der Waals surface area (Å²) in [6, 6.07) is 6.75. The number of piperidine rings is 1. The lowest BCUT2D eigenvalue weighted by atomic mass is 9.88. The van der Waals surface area contributed by atoms with Crippen molar-refractivity contribution in [2.75, 3.05) is 38.7 Å². The second-order valence-electron chi connectivity index (χ2n) is 9.91. The molecule has 5 heterocycles. The van der Waals surface area contributed by atoms with Crippen LogP contribution in [0.2, 0.25) is 0 Å². The number of aromatic nitrogens is 6. The molecule has 1 aromatic carbocycles. The number of halogens is 3. The second-order valence-corrected chi connectivity index (χ2v) is 9.91. The summed E-state index contributed by atoms with van der Waals surface area (Å²) >= 11 is 0. The molecule has 2 saturated heterocycles. The zero-order chi connectivity index (χ0) is 26.4. The average Bonchev–Trinajstić information content (AvgIpc) is 3.48. The van der Waals surface area contributed by atoms with Gasteiger partial charge in [0, 0.05) is 24.8 Å². The SMILES string of the molecule is CCC1(N2CC[C@H](Nc3nc(OC)c4c(-c5ccc6nnn(CC(F)F)c6c5)ccn4n3)[C@H](F)C2)COC1. The summed E-state index contributed by atoms with van der Waals surface area (Å²) in [6.07, 6.45) is -0.325. The number of fused-ring (bicyclic) bond motifs is 2. The van der Waals surface area contributed by atoms with Gasteiger partial charge in [-0.25, -0.2) is 22.4 Å². The van der Waals surface area contributed by atoms with Crippen LogP contribution in [0.15, 0.2) is 30.5 Å². The first-order valence-electron chi connectivity index (χ1n) is 12.7. The number of ether oxygens (including phenoxy) is 2. The molecular weight excluding hydrogens is 501 g/mol. The fraction of sp³-hybridized carbons (Fsp3) is 0.520. The lowest BCUT2D eigenvalue weighted by Gasteiger charge is -2.52. The highest BCUT2D eigenvalue weighted by Crippen LogP contribution is 2.35. The van der Waals surface area contributed by atoms with Crippen LogP contribution >= 0.6 is 0 Å². The van der Waals surface area contributed by atoms with Crippen LogP contribution in [0.3, 0.4) is 0 Å². The molecule has 2 aliphatic rings. The van der Waals surface area contributed by atoms with E-state index in [-0.39, 0.29) is 11.5 Å². The van der Waals surface area contributed by atoms with Gasteiger partial charge in [-0.3, -0.25) is 4.90 Å². The summed E-state index contributed by atoms with van der Waals surface area (Å²) in [5, 5.41) is 15.5. The van der Waals surface area contributed by atoms with Crippen molar-refractivity contribution in [3.8, 4) is 17.0 Å². The van der Waals surface area contributed by atoms with Crippen molar-refractivity contribution in [3.63, 3.8) is 0 Å². The van der Waals surface area contributed by atoms with Crippen LogP contribution in [0.25, 0.3) is 27.7 Å². The van der Waals surface area contributed by atoms with E-state index in [1.807, 2.05) is 12.1 Å². The van der Waals surface area contributed by atoms with Crippen LogP contribution in [-0.2, 0) is 11.3 Å². The average molecular weight is 531 g/mol. The molecule has 2 fully saturated rings. The minimum absolute atomic E-state index is 0.0499. The Hall–Kier alpha value is -3.45. The number of hydrogen-bond acceptors (Lipinski definition) is 8. The van der Waals surface area contributed by atoms with Crippen LogP contribution in [0, 0.1) is 0 Å². The van der Waals surface area contributed by atoms with Crippen LogP contribution in [0.4, 0.5) is 19.1 Å². The van der Waals surface area contributed by atoms with Gasteiger partial charge in [-0.05, 0) is 36.6 Å². The van der Waals surface area contributed by atoms with Gasteiger partial charge in [0.1, 0.15) is 23.7 Å². The van der Waals surface area contributed by atoms with Gasteiger partial charge < -0.3 is 14.8 Å². The van der Waals surface area contributed by atoms with Gasteiger partial charge in [0.25, 0.3) is 6.43 Å². The third-order valence-corrected chi connectivity index (χ3v) is 7.73. The van der Waals surface area contributed by atoms with E-state index in [4.69, 9.17) is 9.47 Å². The van der Waals surface area contributed by atoms with E-state index in [0.29, 0.717) is 48.6 Å². The minimum atomic E-state index is -2.55. The molecule has 0 bridgehead atoms. The van der Waals surface area contributed by atoms with Crippen LogP contribution in [-0.4, -0.2) is 92.1 Å². The van der Waals surface area contributed by atoms with Crippen molar-refractivity contribution in [1.29, 1.82) is 0 Å². The molecule has 1 N–H and O–H groups in total. The van der Waals surface area contributed by atoms with E-state index >= 15 is 4.39 Å². The van der Waals surface area contributed by atoms with Gasteiger partial charge in [0.2, 0.25) is 11.8 Å². The quantitative estimate of drug-likeness (QED) is 0.371. The number of anilines is 1. The van der Waals surface area contributed by atoms with E-state index in [2.05, 4.69) is 37.5 Å². The van der Waals surface area contributed by atoms with Crippen molar-refractivity contribution in [3.05, 3.63) is 30.5 Å². The predicted octanol–water partition coefficient (Wildman–Crippen LogP) is 3.42. The van der Waals surface area contributed by atoms with Crippen molar-refractivity contribution < 1.29 is 22.6 Å². The third-order valence-electron chi connectivity index (χ3n) is 7.73. The zero-order valence-corrected chi connectivity index (χ0v) is 21.1. The topological polar surface area (TPSA) is 94.6 Å². The van der Waals surface area contributed by atoms with Gasteiger partial charge in [-0.1, -0.05) is 18.2 Å². The molecule has 0 aliphatic carbocycles. The highest BCUT2D eigenvalue weighted by molar-refractivity contribution is 5.89. The highest BCUT2D eigenvalue weighted by Gasteiger charge is 2.46. The molecule has 0 spiro atoms. The molecule has 6 rings (SSSR count). The Morgan fingerprint density at radius 3 is 2.79 bits per heavy atom. The van der Waals surface area contributed by atoms with Gasteiger partial charge in [0.15, 0.2) is 0 Å². The Morgan fingerprint density at radius 2 is 2.11 bits per heavy atom. The van der Waals surface area contributed by atoms with Crippen LogP contribution in [0.5, 0.6) is 5.88 Å². The first-order chi connectivity index (χ1) is 18.4. The monoisotopic (exact) mass is 530 g/mol. The largest absolute Gasteiger partial charge is 0.479 e. The van der Waals surface area contributed by atoms with Crippen molar-refractivity contribution >= 4 is 22.5 Å². The summed E-state index contributed by atoms with van der Waals surface area (Å²) in [5.74, 6) is 0.579. The number of likely N-dealkylation sites (tertiary alicyclic amines) is 1. The molecule has 2 aliphatic heterocycles. The second kappa shape index (κ2) is 9.70. The maximum Gasteiger partial charge on any atom is 0.258 e. The van der Waals surface area contributed by atoms with E-state index < -0.39 is 25.2 Å². The van der Waals surface area contributed by atoms with E-state index in [9.17, 15) is 8.78 Å². The molecule has 0 radical (unpaired) electrons. The maximum absolute atomic E-state index is 15.2. The van der Waals surface area contributed by atoms with Gasteiger partial charge in [-0.15, -0.1) is 10.2 Å². The number of benzene rings is 1. The summed E-state index contributed by atoms with van der Waals surface area (Å²) in [4.78, 5) is 6.74. The minimum Gasteiger partial charge on any atom is -0.479 e. The van der Waals surface area contributed by atoms with Gasteiger partial charge in [0.05, 0.1) is 37.4 Å². The smallest absolute Gasteiger partial charge is 0.258 e. The predicted molar refractivity (Wildman–Crippen MR) is 134 cm³/mol. The van der Waals surface area contributed by atoms with Gasteiger partial charge in [-0.2, -0.15) is 4.98 Å². The van der Waals surface area contributed by atoms with Crippen molar-refractivity contribution in [2.24, 2.45) is 0 Å². The lowest BCUT2D eigenvalue weighted by Crippen LogP contribution is -2.66. The normalized spacial score (nSPS) is 21.7. The molecule has 10 nitrogen and oxygen atoms in total. The van der Waals surface area contributed by atoms with E-state index in [0.717, 1.165) is 24.1 Å². The Labute approximate surface area is 216 Å². The highest BCUT2D eigenvalue weighted by atomic mass is 19.3. The number of alkyl halides is 3. The fourth-order valence-electron chi connectivity index (χ4n) is 5.44. The third kappa shape index (κ3) is 4.23. The number of hydrogen-bond donors (Lipinski definition) is 1. The summed E-state index contributed by atoms with van der Waals surface area (Å²) in [6.45, 7) is 3.98. The summed E-state index contributed by atoms with van der Waals surface area (Å²) in [7, 11) is 1.51. The fourth-order valence-corrected chi connectivity index (χ4v) is 5.44. The molecule has 202 valence electrons. The standard InChI is InChI=1S/C25H29F3N8O2/c1-3-25(13-38-14-25)34-8-7-18(17(26)11-34)29-24-30-23(37-2)22-16(6-9-35(22)32-24)15-4-5-19-20(10-15)36(33-31-19)12-21(27)28/h4-6,9-10,17-18,21H,3,7-8,11-14H2,1-2H3,(H,29,32)/t17-,18+/m1/s1. The molecule has 13 heteroatoms. The molecule has 4 aromatic rings. The molecule has 3 aromatic heterocycles. The molecule has 0 amide bonds. The Kier molecular flexibility index (Phi) is 6.34. The van der Waals surface area contributed by atoms with Gasteiger partial charge >= 0.3 is 0 Å². The van der Waals surface area contributed by atoms with Crippen molar-refractivity contribution in [1.82, 2.24) is 34.5 Å². The number of methoxy groups -OCH3 is 1. The Balaban J connectivity index is 1.26. The van der Waals surface area contributed by atoms with E-state index in [1.165, 1.54) is 11.8 Å². The Morgan fingerprint density at radius 1 is 1.26 bits per heavy atom. The van der Waals surface area contributed by atoms with Crippen LogP contribution < -0.4 is 10.1 Å². The lowest BCUT2D eigenvalue weighted by molar-refractivity contribution is -0.153. The molecule has 0 unspecified atom stereocenters. The maximum atomic E-state index is 15.2. The van der Waals surface area contributed by atoms with Crippen LogP contribution in [0.1, 0.15) is 19.8 Å². The molecular formula is C25H29F3N8O2. The van der Waals surface area contributed by atoms with Crippen molar-refractivity contribution in [2.45, 2.75) is 50.5 Å². The number of nitrogens with one attached hydrogen (secondary N) is 1. The molecule has 2 atom stereocenters. The molecule has 0 saturated carbocycles. The van der Waals surface area contributed by atoms with E-state index in [1.54, 1.807) is 22.8 Å². The zero-order valence-electron chi connectivity index (χ0n) is 21.1.